The Morgan fingerprint density at radius 1 is 1.26 bits per heavy atom. The molecule has 0 fully saturated rings. The van der Waals surface area contributed by atoms with Crippen LogP contribution in [0.1, 0.15) is 30.5 Å². The van der Waals surface area contributed by atoms with Gasteiger partial charge < -0.3 is 9.73 Å². The van der Waals surface area contributed by atoms with Gasteiger partial charge in [-0.25, -0.2) is 9.97 Å². The van der Waals surface area contributed by atoms with E-state index < -0.39 is 0 Å². The van der Waals surface area contributed by atoms with E-state index in [-0.39, 0.29) is 0 Å². The van der Waals surface area contributed by atoms with Crippen molar-refractivity contribution in [2.45, 2.75) is 38.2 Å². The first-order valence-electron chi connectivity index (χ1n) is 6.45. The average Bonchev–Trinajstić information content (AvgIpc) is 2.74. The van der Waals surface area contributed by atoms with Crippen molar-refractivity contribution in [2.24, 2.45) is 0 Å². The molecule has 0 bridgehead atoms. The Morgan fingerprint density at radius 3 is 2.79 bits per heavy atom. The highest BCUT2D eigenvalue weighted by molar-refractivity contribution is 7.98. The molecular formula is C14H19N3OS. The van der Waals surface area contributed by atoms with Crippen molar-refractivity contribution in [2.75, 3.05) is 11.9 Å². The molecule has 0 unspecified atom stereocenters. The Morgan fingerprint density at radius 2 is 2.11 bits per heavy atom. The van der Waals surface area contributed by atoms with Gasteiger partial charge in [-0.15, -0.1) is 0 Å². The zero-order chi connectivity index (χ0) is 13.7. The summed E-state index contributed by atoms with van der Waals surface area (Å²) in [7, 11) is 0. The van der Waals surface area contributed by atoms with Crippen LogP contribution in [0.15, 0.2) is 27.8 Å². The Balaban J connectivity index is 1.95. The quantitative estimate of drug-likeness (QED) is 0.814. The summed E-state index contributed by atoms with van der Waals surface area (Å²) < 4.78 is 5.54. The Bertz CT molecular complexity index is 520. The largest absolute Gasteiger partial charge is 0.437 e. The Hall–Kier alpha value is -1.49. The normalized spacial score (nSPS) is 10.7. The number of oxazole rings is 1. The number of hydrogen-bond acceptors (Lipinski definition) is 5. The van der Waals surface area contributed by atoms with E-state index in [1.807, 2.05) is 32.0 Å². The molecule has 19 heavy (non-hydrogen) atoms. The number of pyridine rings is 1. The first kappa shape index (κ1) is 13.9. The lowest BCUT2D eigenvalue weighted by molar-refractivity contribution is 0.431. The fraction of sp³-hybridized carbons (Fsp3) is 0.429. The number of aryl methyl sites for hydroxylation is 2. The molecule has 102 valence electrons. The highest BCUT2D eigenvalue weighted by Crippen LogP contribution is 2.23. The van der Waals surface area contributed by atoms with E-state index >= 15 is 0 Å². The first-order chi connectivity index (χ1) is 9.19. The topological polar surface area (TPSA) is 51.0 Å². The van der Waals surface area contributed by atoms with Crippen LogP contribution in [0.5, 0.6) is 0 Å². The molecular weight excluding hydrogens is 258 g/mol. The van der Waals surface area contributed by atoms with Crippen molar-refractivity contribution in [3.8, 4) is 0 Å². The molecule has 0 aliphatic heterocycles. The van der Waals surface area contributed by atoms with Crippen molar-refractivity contribution in [3.63, 3.8) is 0 Å². The molecule has 1 N–H and O–H groups in total. The predicted molar refractivity (Wildman–Crippen MR) is 78.6 cm³/mol. The molecule has 0 aliphatic rings. The molecule has 0 saturated carbocycles. The van der Waals surface area contributed by atoms with Crippen LogP contribution >= 0.6 is 11.8 Å². The van der Waals surface area contributed by atoms with Crippen molar-refractivity contribution in [3.05, 3.63) is 35.3 Å². The van der Waals surface area contributed by atoms with Gasteiger partial charge >= 0.3 is 0 Å². The second-order valence-electron chi connectivity index (χ2n) is 4.35. The molecule has 0 saturated heterocycles. The minimum absolute atomic E-state index is 0.712. The van der Waals surface area contributed by atoms with Crippen LogP contribution in [-0.2, 0) is 5.75 Å². The molecule has 2 aromatic rings. The summed E-state index contributed by atoms with van der Waals surface area (Å²) in [6.07, 6.45) is 1.09. The Labute approximate surface area is 118 Å². The molecule has 2 rings (SSSR count). The van der Waals surface area contributed by atoms with Crippen LogP contribution in [-0.4, -0.2) is 16.5 Å². The number of anilines is 1. The maximum absolute atomic E-state index is 5.54. The first-order valence-corrected chi connectivity index (χ1v) is 7.44. The second kappa shape index (κ2) is 6.61. The number of nitrogens with zero attached hydrogens (tertiary/aromatic N) is 2. The van der Waals surface area contributed by atoms with Gasteiger partial charge in [0.05, 0.1) is 11.4 Å². The zero-order valence-electron chi connectivity index (χ0n) is 11.6. The van der Waals surface area contributed by atoms with Gasteiger partial charge in [-0.2, -0.15) is 0 Å². The monoisotopic (exact) mass is 277 g/mol. The summed E-state index contributed by atoms with van der Waals surface area (Å²) >= 11 is 1.57. The van der Waals surface area contributed by atoms with Gasteiger partial charge in [-0.1, -0.05) is 24.8 Å². The SMILES string of the molecule is CCCNc1cccc(CSc2nc(C)c(C)o2)n1. The number of hydrogen-bond donors (Lipinski definition) is 1. The van der Waals surface area contributed by atoms with Crippen molar-refractivity contribution < 1.29 is 4.42 Å². The van der Waals surface area contributed by atoms with Gasteiger partial charge in [0.2, 0.25) is 0 Å². The van der Waals surface area contributed by atoms with Crippen LogP contribution in [0.2, 0.25) is 0 Å². The van der Waals surface area contributed by atoms with Crippen LogP contribution in [0.4, 0.5) is 5.82 Å². The molecule has 2 aromatic heterocycles. The number of thioether (sulfide) groups is 1. The smallest absolute Gasteiger partial charge is 0.256 e. The predicted octanol–water partition coefficient (Wildman–Crippen LogP) is 3.80. The van der Waals surface area contributed by atoms with Crippen molar-refractivity contribution in [1.82, 2.24) is 9.97 Å². The molecule has 0 aliphatic carbocycles. The fourth-order valence-electron chi connectivity index (χ4n) is 1.55. The van der Waals surface area contributed by atoms with Gasteiger partial charge in [-0.05, 0) is 32.4 Å². The van der Waals surface area contributed by atoms with Gasteiger partial charge in [0, 0.05) is 12.3 Å². The maximum atomic E-state index is 5.54. The summed E-state index contributed by atoms with van der Waals surface area (Å²) in [6.45, 7) is 6.97. The van der Waals surface area contributed by atoms with Gasteiger partial charge in [0.15, 0.2) is 0 Å². The minimum Gasteiger partial charge on any atom is -0.437 e. The van der Waals surface area contributed by atoms with Crippen molar-refractivity contribution >= 4 is 17.6 Å². The van der Waals surface area contributed by atoms with E-state index in [9.17, 15) is 0 Å². The van der Waals surface area contributed by atoms with Crippen LogP contribution in [0, 0.1) is 13.8 Å². The molecule has 0 amide bonds. The zero-order valence-corrected chi connectivity index (χ0v) is 12.4. The van der Waals surface area contributed by atoms with Crippen molar-refractivity contribution in [1.29, 1.82) is 0 Å². The molecule has 5 heteroatoms. The van der Waals surface area contributed by atoms with Crippen LogP contribution in [0.3, 0.4) is 0 Å². The van der Waals surface area contributed by atoms with E-state index in [0.717, 1.165) is 41.7 Å². The molecule has 0 aromatic carbocycles. The van der Waals surface area contributed by atoms with Crippen LogP contribution in [0.25, 0.3) is 0 Å². The van der Waals surface area contributed by atoms with E-state index in [0.29, 0.717) is 5.22 Å². The van der Waals surface area contributed by atoms with E-state index in [1.165, 1.54) is 0 Å². The summed E-state index contributed by atoms with van der Waals surface area (Å²) in [5.41, 5.74) is 1.98. The second-order valence-corrected chi connectivity index (χ2v) is 5.28. The molecule has 2 heterocycles. The van der Waals surface area contributed by atoms with E-state index in [1.54, 1.807) is 11.8 Å². The number of nitrogens with one attached hydrogen (secondary N) is 1. The Kier molecular flexibility index (Phi) is 4.85. The molecule has 0 radical (unpaired) electrons. The maximum Gasteiger partial charge on any atom is 0.256 e. The third-order valence-corrected chi connectivity index (χ3v) is 3.58. The summed E-state index contributed by atoms with van der Waals surface area (Å²) in [5.74, 6) is 2.58. The summed E-state index contributed by atoms with van der Waals surface area (Å²) in [6, 6.07) is 6.03. The van der Waals surface area contributed by atoms with Gasteiger partial charge in [-0.3, -0.25) is 0 Å². The third kappa shape index (κ3) is 3.99. The molecule has 4 nitrogen and oxygen atoms in total. The third-order valence-electron chi connectivity index (χ3n) is 2.72. The van der Waals surface area contributed by atoms with E-state index in [4.69, 9.17) is 4.42 Å². The number of aromatic nitrogens is 2. The molecule has 0 atom stereocenters. The number of rotatable bonds is 6. The fourth-order valence-corrected chi connectivity index (χ4v) is 2.37. The summed E-state index contributed by atoms with van der Waals surface area (Å²) in [5, 5.41) is 4.00. The lowest BCUT2D eigenvalue weighted by atomic mass is 10.3. The van der Waals surface area contributed by atoms with Gasteiger partial charge in [0.25, 0.3) is 5.22 Å². The lowest BCUT2D eigenvalue weighted by Gasteiger charge is -2.05. The van der Waals surface area contributed by atoms with E-state index in [2.05, 4.69) is 22.2 Å². The molecule has 0 spiro atoms. The minimum atomic E-state index is 0.712. The highest BCUT2D eigenvalue weighted by Gasteiger charge is 2.07. The standard InChI is InChI=1S/C14H19N3OS/c1-4-8-15-13-7-5-6-12(17-13)9-19-14-16-10(2)11(3)18-14/h5-7H,4,8-9H2,1-3H3,(H,15,17). The van der Waals surface area contributed by atoms with Crippen LogP contribution < -0.4 is 5.32 Å². The summed E-state index contributed by atoms with van der Waals surface area (Å²) in [4.78, 5) is 8.90. The lowest BCUT2D eigenvalue weighted by Crippen LogP contribution is -2.02. The highest BCUT2D eigenvalue weighted by atomic mass is 32.2. The average molecular weight is 277 g/mol. The van der Waals surface area contributed by atoms with Gasteiger partial charge in [0.1, 0.15) is 11.6 Å².